The topological polar surface area (TPSA) is 189 Å². The van der Waals surface area contributed by atoms with E-state index in [1.54, 1.807) is 21.9 Å². The quantitative estimate of drug-likeness (QED) is 0.215. The number of piperidine rings is 1. The number of rotatable bonds is 15. The van der Waals surface area contributed by atoms with Gasteiger partial charge in [-0.2, -0.15) is 18.4 Å². The molecule has 0 bridgehead atoms. The third-order valence-electron chi connectivity index (χ3n) is 8.83. The van der Waals surface area contributed by atoms with Gasteiger partial charge in [0.25, 0.3) is 0 Å². The molecule has 1 aromatic heterocycles. The minimum absolute atomic E-state index is 0.0400. The highest BCUT2D eigenvalue weighted by molar-refractivity contribution is 5.86. The van der Waals surface area contributed by atoms with Crippen molar-refractivity contribution in [2.24, 2.45) is 5.92 Å². The Balaban J connectivity index is 1.32. The molecule has 264 valence electrons. The van der Waals surface area contributed by atoms with E-state index in [2.05, 4.69) is 26.7 Å². The van der Waals surface area contributed by atoms with Crippen LogP contribution < -0.4 is 20.4 Å². The molecule has 49 heavy (non-hydrogen) atoms. The molecule has 4 N–H and O–H groups in total. The molecule has 0 radical (unpaired) electrons. The van der Waals surface area contributed by atoms with E-state index in [1.165, 1.54) is 6.07 Å². The highest BCUT2D eigenvalue weighted by Crippen LogP contribution is 2.34. The number of alkyl halides is 3. The van der Waals surface area contributed by atoms with Crippen molar-refractivity contribution >= 4 is 35.4 Å². The van der Waals surface area contributed by atoms with Crippen LogP contribution in [-0.2, 0) is 31.8 Å². The second-order valence-electron chi connectivity index (χ2n) is 12.3. The summed E-state index contributed by atoms with van der Waals surface area (Å²) >= 11 is 0. The molecular formula is C33H40F3N7O6. The SMILES string of the molecule is N#Cc1ccc(CCNC(=O)C2CCCN2c2cc(N3CCC(CCCC(=O)NC(CCC(=O)O)C(=O)O)CC3)nc(C(F)(F)F)n2)cc1. The molecule has 2 saturated heterocycles. The first-order valence-electron chi connectivity index (χ1n) is 16.3. The van der Waals surface area contributed by atoms with Crippen LogP contribution in [0, 0.1) is 17.2 Å². The second-order valence-corrected chi connectivity index (χ2v) is 12.3. The predicted octanol–water partition coefficient (Wildman–Crippen LogP) is 3.52. The van der Waals surface area contributed by atoms with Crippen LogP contribution in [-0.4, -0.2) is 82.2 Å². The summed E-state index contributed by atoms with van der Waals surface area (Å²) in [5.74, 6) is -4.15. The van der Waals surface area contributed by atoms with Crippen molar-refractivity contribution in [2.75, 3.05) is 36.0 Å². The van der Waals surface area contributed by atoms with E-state index in [0.717, 1.165) is 5.56 Å². The number of amides is 2. The smallest absolute Gasteiger partial charge is 0.451 e. The van der Waals surface area contributed by atoms with Crippen LogP contribution in [0.15, 0.2) is 30.3 Å². The maximum atomic E-state index is 14.0. The zero-order chi connectivity index (χ0) is 35.6. The Morgan fingerprint density at radius 3 is 2.33 bits per heavy atom. The number of nitrogens with one attached hydrogen (secondary N) is 2. The average molecular weight is 688 g/mol. The van der Waals surface area contributed by atoms with Crippen LogP contribution in [0.5, 0.6) is 0 Å². The Morgan fingerprint density at radius 1 is 1.00 bits per heavy atom. The van der Waals surface area contributed by atoms with Crippen LogP contribution in [0.2, 0.25) is 0 Å². The molecule has 13 nitrogen and oxygen atoms in total. The van der Waals surface area contributed by atoms with Gasteiger partial charge in [-0.25, -0.2) is 14.8 Å². The normalized spacial score (nSPS) is 17.3. The Labute approximate surface area is 281 Å². The Morgan fingerprint density at radius 2 is 1.69 bits per heavy atom. The van der Waals surface area contributed by atoms with Gasteiger partial charge in [0.05, 0.1) is 11.6 Å². The highest BCUT2D eigenvalue weighted by atomic mass is 19.4. The lowest BCUT2D eigenvalue weighted by molar-refractivity contribution is -0.145. The van der Waals surface area contributed by atoms with Gasteiger partial charge in [0.1, 0.15) is 23.7 Å². The van der Waals surface area contributed by atoms with Gasteiger partial charge in [-0.3, -0.25) is 14.4 Å². The van der Waals surface area contributed by atoms with Crippen molar-refractivity contribution in [2.45, 2.75) is 82.5 Å². The summed E-state index contributed by atoms with van der Waals surface area (Å²) in [6, 6.07) is 8.60. The summed E-state index contributed by atoms with van der Waals surface area (Å²) in [5, 5.41) is 32.2. The third-order valence-corrected chi connectivity index (χ3v) is 8.83. The lowest BCUT2D eigenvalue weighted by Crippen LogP contribution is -2.44. The van der Waals surface area contributed by atoms with Gasteiger partial charge in [0, 0.05) is 45.1 Å². The van der Waals surface area contributed by atoms with Crippen molar-refractivity contribution in [1.82, 2.24) is 20.6 Å². The molecule has 4 rings (SSSR count). The molecule has 3 heterocycles. The Kier molecular flexibility index (Phi) is 12.8. The van der Waals surface area contributed by atoms with E-state index in [4.69, 9.17) is 10.4 Å². The number of hydrogen-bond acceptors (Lipinski definition) is 9. The highest BCUT2D eigenvalue weighted by Gasteiger charge is 2.39. The lowest BCUT2D eigenvalue weighted by Gasteiger charge is -2.34. The predicted molar refractivity (Wildman–Crippen MR) is 170 cm³/mol. The monoisotopic (exact) mass is 687 g/mol. The van der Waals surface area contributed by atoms with Gasteiger partial charge in [-0.1, -0.05) is 12.1 Å². The first kappa shape index (κ1) is 36.9. The lowest BCUT2D eigenvalue weighted by atomic mass is 9.91. The molecular weight excluding hydrogens is 647 g/mol. The van der Waals surface area contributed by atoms with Gasteiger partial charge in [-0.05, 0) is 75.0 Å². The minimum atomic E-state index is -4.80. The number of benzene rings is 1. The summed E-state index contributed by atoms with van der Waals surface area (Å²) in [7, 11) is 0. The maximum Gasteiger partial charge on any atom is 0.451 e. The van der Waals surface area contributed by atoms with Crippen LogP contribution in [0.4, 0.5) is 24.8 Å². The van der Waals surface area contributed by atoms with Crippen LogP contribution in [0.3, 0.4) is 0 Å². The van der Waals surface area contributed by atoms with Gasteiger partial charge in [0.2, 0.25) is 17.6 Å². The Hall–Kier alpha value is -4.94. The molecule has 0 aliphatic carbocycles. The Bertz CT molecular complexity index is 1520. The van der Waals surface area contributed by atoms with Crippen molar-refractivity contribution in [3.8, 4) is 6.07 Å². The summed E-state index contributed by atoms with van der Waals surface area (Å²) < 4.78 is 41.9. The molecule has 2 aliphatic heterocycles. The first-order valence-corrected chi connectivity index (χ1v) is 16.3. The van der Waals surface area contributed by atoms with Gasteiger partial charge >= 0.3 is 18.1 Å². The van der Waals surface area contributed by atoms with Crippen molar-refractivity contribution in [1.29, 1.82) is 5.26 Å². The fraction of sp³-hybridized carbons (Fsp3) is 0.545. The molecule has 2 unspecified atom stereocenters. The van der Waals surface area contributed by atoms with E-state index in [1.807, 2.05) is 12.1 Å². The van der Waals surface area contributed by atoms with E-state index in [-0.39, 0.29) is 42.7 Å². The molecule has 2 aromatic rings. The number of nitrogens with zero attached hydrogens (tertiary/aromatic N) is 5. The average Bonchev–Trinajstić information content (AvgIpc) is 3.57. The molecule has 16 heteroatoms. The van der Waals surface area contributed by atoms with E-state index in [9.17, 15) is 37.5 Å². The van der Waals surface area contributed by atoms with Crippen molar-refractivity contribution in [3.63, 3.8) is 0 Å². The molecule has 2 aliphatic rings. The van der Waals surface area contributed by atoms with Crippen LogP contribution in [0.25, 0.3) is 0 Å². The van der Waals surface area contributed by atoms with Gasteiger partial charge in [-0.15, -0.1) is 0 Å². The van der Waals surface area contributed by atoms with Crippen LogP contribution >= 0.6 is 0 Å². The number of aliphatic carboxylic acids is 2. The van der Waals surface area contributed by atoms with Gasteiger partial charge in [0.15, 0.2) is 0 Å². The van der Waals surface area contributed by atoms with Gasteiger partial charge < -0.3 is 30.6 Å². The molecule has 2 atom stereocenters. The third kappa shape index (κ3) is 10.8. The van der Waals surface area contributed by atoms with Crippen LogP contribution in [0.1, 0.15) is 74.7 Å². The van der Waals surface area contributed by atoms with Crippen molar-refractivity contribution < 1.29 is 42.6 Å². The number of carboxylic acid groups (broad SMARTS) is 2. The zero-order valence-electron chi connectivity index (χ0n) is 26.9. The molecule has 2 fully saturated rings. The largest absolute Gasteiger partial charge is 0.481 e. The van der Waals surface area contributed by atoms with E-state index >= 15 is 0 Å². The minimum Gasteiger partial charge on any atom is -0.481 e. The standard InChI is InChI=1S/C33H40F3N7O6/c34-33(35,36)32-40-26(42-17-13-21(14-18-42)3-1-5-28(44)39-24(31(48)49)10-11-29(45)46)19-27(41-32)43-16-2-4-25(43)30(47)38-15-12-22-6-8-23(20-37)9-7-22/h6-9,19,21,24-25H,1-5,10-18H2,(H,38,47)(H,39,44)(H,45,46)(H,48,49). The summed E-state index contributed by atoms with van der Waals surface area (Å²) in [6.45, 7) is 1.55. The summed E-state index contributed by atoms with van der Waals surface area (Å²) in [4.78, 5) is 58.5. The fourth-order valence-corrected chi connectivity index (χ4v) is 6.16. The number of carbonyl (C=O) groups is 4. The number of aromatic nitrogens is 2. The van der Waals surface area contributed by atoms with Crippen molar-refractivity contribution in [3.05, 3.63) is 47.3 Å². The number of hydrogen-bond donors (Lipinski definition) is 4. The first-order chi connectivity index (χ1) is 23.3. The zero-order valence-corrected chi connectivity index (χ0v) is 26.9. The number of nitriles is 1. The number of halogens is 3. The molecule has 2 amide bonds. The van der Waals surface area contributed by atoms with E-state index < -0.39 is 41.9 Å². The fourth-order valence-electron chi connectivity index (χ4n) is 6.16. The van der Waals surface area contributed by atoms with E-state index in [0.29, 0.717) is 76.7 Å². The molecule has 1 aromatic carbocycles. The summed E-state index contributed by atoms with van der Waals surface area (Å²) in [6.07, 6.45) is -1.30. The molecule has 0 saturated carbocycles. The second kappa shape index (κ2) is 16.9. The summed E-state index contributed by atoms with van der Waals surface area (Å²) in [5.41, 5.74) is 1.47. The number of anilines is 2. The number of carboxylic acids is 2. The molecule has 0 spiro atoms. The number of carbonyl (C=O) groups excluding carboxylic acids is 2. The maximum absolute atomic E-state index is 14.0.